The van der Waals surface area contributed by atoms with Crippen molar-refractivity contribution in [2.24, 2.45) is 38.9 Å². The number of hydrogen-bond acceptors (Lipinski definition) is 0. The SMILES string of the molecule is CC(C)(C)Cc1cccc(CC(C)(C)C)c1C(C)(C)C.CC(C)(C)c1c(CC(C)(C)C(F)(F)F)cccc1CC(C)(C)C(F)(F)F.CC(C)(C)c1cccc(C(C)(C)C)c1C(C)(C)C.CC(C)(C)c1ccccc1.CC(C)Cc1cccc(CC(C)C)c1C(C)(C)C.CC(C)c1cc(C(C)C)c(C(C)(C)C)c(C(C)C)c1.CC(C)c1cccc(C(C)C)c1C(C)(C)C.CCC(C)(C)C. The van der Waals surface area contributed by atoms with Crippen molar-refractivity contribution in [2.45, 2.75) is 516 Å². The molecule has 0 N–H and O–H groups in total. The molecule has 0 amide bonds. The summed E-state index contributed by atoms with van der Waals surface area (Å²) in [7, 11) is 0. The van der Waals surface area contributed by atoms with Crippen molar-refractivity contribution >= 4 is 0 Å². The summed E-state index contributed by atoms with van der Waals surface area (Å²) in [4.78, 5) is 0. The minimum Gasteiger partial charge on any atom is -0.171 e. The van der Waals surface area contributed by atoms with Crippen molar-refractivity contribution in [3.8, 4) is 0 Å². The van der Waals surface area contributed by atoms with Crippen LogP contribution in [0.1, 0.15) is 528 Å². The van der Waals surface area contributed by atoms with Gasteiger partial charge >= 0.3 is 12.4 Å². The molecule has 0 unspecified atom stereocenters. The normalized spacial score (nSPS) is 13.2. The third-order valence-corrected chi connectivity index (χ3v) is 24.6. The molecule has 0 aromatic heterocycles. The Balaban J connectivity index is 0.00000153. The highest BCUT2D eigenvalue weighted by atomic mass is 19.4. The molecule has 7 aromatic carbocycles. The molecule has 0 heterocycles. The average molecular weight is 1850 g/mol. The van der Waals surface area contributed by atoms with E-state index in [0.717, 1.165) is 52.4 Å². The first kappa shape index (κ1) is 127. The van der Waals surface area contributed by atoms with E-state index in [2.05, 4.69) is 448 Å². The molecule has 0 bridgehead atoms. The molecule has 758 valence electrons. The van der Waals surface area contributed by atoms with Crippen molar-refractivity contribution in [2.75, 3.05) is 0 Å². The minimum absolute atomic E-state index is 0.187. The Hall–Kier alpha value is -5.88. The molecule has 0 atom stereocenters. The Labute approximate surface area is 821 Å². The lowest BCUT2D eigenvalue weighted by atomic mass is 9.69. The minimum atomic E-state index is -4.40. The van der Waals surface area contributed by atoms with Gasteiger partial charge in [-0.15, -0.1) is 0 Å². The molecular weight excluding hydrogens is 1640 g/mol. The molecular formula is C127H208F6. The van der Waals surface area contributed by atoms with Crippen molar-refractivity contribution in [3.63, 3.8) is 0 Å². The number of rotatable bonds is 15. The molecule has 0 radical (unpaired) electrons. The van der Waals surface area contributed by atoms with Gasteiger partial charge in [0.15, 0.2) is 0 Å². The summed E-state index contributed by atoms with van der Waals surface area (Å²) < 4.78 is 80.0. The van der Waals surface area contributed by atoms with Crippen LogP contribution in [0.3, 0.4) is 0 Å². The Bertz CT molecular complexity index is 4370. The number of alkyl halides is 6. The molecule has 0 nitrogen and oxygen atoms in total. The van der Waals surface area contributed by atoms with E-state index >= 15 is 0 Å². The smallest absolute Gasteiger partial charge is 0.171 e. The molecule has 6 heteroatoms. The van der Waals surface area contributed by atoms with Crippen LogP contribution in [0.2, 0.25) is 0 Å². The van der Waals surface area contributed by atoms with E-state index in [1.165, 1.54) is 69.3 Å². The highest BCUT2D eigenvalue weighted by Crippen LogP contribution is 2.48. The summed E-state index contributed by atoms with van der Waals surface area (Å²) >= 11 is 0. The predicted octanol–water partition coefficient (Wildman–Crippen LogP) is 41.4. The van der Waals surface area contributed by atoms with Crippen LogP contribution in [-0.2, 0) is 87.3 Å². The predicted molar refractivity (Wildman–Crippen MR) is 584 cm³/mol. The van der Waals surface area contributed by atoms with Crippen LogP contribution in [0.5, 0.6) is 0 Å². The number of halogens is 6. The second kappa shape index (κ2) is 49.3. The van der Waals surface area contributed by atoms with Gasteiger partial charge in [-0.1, -0.05) is 521 Å². The van der Waals surface area contributed by atoms with Crippen molar-refractivity contribution < 1.29 is 26.3 Å². The zero-order valence-electron chi connectivity index (χ0n) is 97.0. The maximum atomic E-state index is 13.3. The van der Waals surface area contributed by atoms with E-state index in [4.69, 9.17) is 0 Å². The first-order chi connectivity index (χ1) is 59.1. The molecule has 0 aliphatic heterocycles. The van der Waals surface area contributed by atoms with E-state index < -0.39 is 28.6 Å². The first-order valence-electron chi connectivity index (χ1n) is 51.1. The van der Waals surface area contributed by atoms with E-state index in [1.807, 2.05) is 20.8 Å². The van der Waals surface area contributed by atoms with Gasteiger partial charge in [0.2, 0.25) is 0 Å². The van der Waals surface area contributed by atoms with Crippen LogP contribution in [0.25, 0.3) is 0 Å². The van der Waals surface area contributed by atoms with Gasteiger partial charge in [-0.05, 0) is 256 Å². The summed E-state index contributed by atoms with van der Waals surface area (Å²) in [6.45, 7) is 121. The van der Waals surface area contributed by atoms with Crippen molar-refractivity contribution in [1.82, 2.24) is 0 Å². The van der Waals surface area contributed by atoms with Crippen LogP contribution in [-0.4, -0.2) is 12.4 Å². The van der Waals surface area contributed by atoms with E-state index in [-0.39, 0.29) is 50.7 Å². The van der Waals surface area contributed by atoms with Gasteiger partial charge in [0, 0.05) is 0 Å². The lowest BCUT2D eigenvalue weighted by Gasteiger charge is -2.36. The van der Waals surface area contributed by atoms with Crippen LogP contribution >= 0.6 is 0 Å². The molecule has 7 rings (SSSR count). The van der Waals surface area contributed by atoms with Crippen LogP contribution in [0.4, 0.5) is 26.3 Å². The zero-order chi connectivity index (χ0) is 105. The Kier molecular flexibility index (Phi) is 47.1. The summed E-state index contributed by atoms with van der Waals surface area (Å²) in [6.07, 6.45) is -3.39. The van der Waals surface area contributed by atoms with Gasteiger partial charge in [0.1, 0.15) is 0 Å². The van der Waals surface area contributed by atoms with Crippen LogP contribution in [0, 0.1) is 38.9 Å². The fourth-order valence-corrected chi connectivity index (χ4v) is 17.7. The van der Waals surface area contributed by atoms with Crippen LogP contribution < -0.4 is 0 Å². The molecule has 133 heavy (non-hydrogen) atoms. The molecule has 7 aromatic rings. The fourth-order valence-electron chi connectivity index (χ4n) is 17.7. The van der Waals surface area contributed by atoms with Gasteiger partial charge < -0.3 is 0 Å². The van der Waals surface area contributed by atoms with Gasteiger partial charge in [0.25, 0.3) is 0 Å². The molecule has 0 fully saturated rings. The van der Waals surface area contributed by atoms with E-state index in [1.54, 1.807) is 62.7 Å². The fraction of sp³-hybridized carbons (Fsp3) is 0.669. The van der Waals surface area contributed by atoms with E-state index in [9.17, 15) is 26.3 Å². The monoisotopic (exact) mass is 1850 g/mol. The van der Waals surface area contributed by atoms with Gasteiger partial charge in [0.05, 0.1) is 10.8 Å². The summed E-state index contributed by atoms with van der Waals surface area (Å²) in [5.74, 6) is 4.43. The Morgan fingerprint density at radius 2 is 0.451 bits per heavy atom. The standard InChI is InChI=1S/C20H28F6.C20H34.C19H32.2C18H30.C16H26.C10H14.C6H14/c1-16(2,3)15-13(11-17(4,5)19(21,22)23)9-8-10-14(15)12-18(6,7)20(24,25)26;1-18(2,3)13-15-11-10-12-16(14-19(4,5)6)17(15)20(7,8)9;1-12(2)15-10-16(13(3)4)18(19(7,8)9)17(11-15)14(5)6;1-16(2,3)13-11-10-12-14(17(4,5)6)15(13)18(7,8)9;1-13(2)11-15-9-8-10-16(12-14(3)4)17(15)18(5,6)7;1-11(2)13-9-8-10-14(12(3)4)15(13)16(5,6)7;1-10(2,3)9-7-5-4-6-8-9;1-5-6(2,3)4/h8-10H,11-12H2,1-7H3;10-12H,13-14H2,1-9H3;10-14H,1-9H3;10-12H,1-9H3;8-10,13-14H,11-12H2,1-7H3;8-12H,1-7H3;4-8H,1-3H3;5H2,1-4H3. The Morgan fingerprint density at radius 1 is 0.218 bits per heavy atom. The van der Waals surface area contributed by atoms with Gasteiger partial charge in [-0.25, -0.2) is 0 Å². The van der Waals surface area contributed by atoms with Gasteiger partial charge in [-0.2, -0.15) is 26.3 Å². The molecule has 0 saturated carbocycles. The quantitative estimate of drug-likeness (QED) is 0.0898. The third kappa shape index (κ3) is 43.6. The number of benzene rings is 7. The summed E-state index contributed by atoms with van der Waals surface area (Å²) in [5.41, 5.74) is 25.9. The maximum Gasteiger partial charge on any atom is 0.394 e. The van der Waals surface area contributed by atoms with E-state index in [0.29, 0.717) is 67.9 Å². The van der Waals surface area contributed by atoms with Gasteiger partial charge in [-0.3, -0.25) is 0 Å². The summed E-state index contributed by atoms with van der Waals surface area (Å²) in [5, 5.41) is 0. The topological polar surface area (TPSA) is 0 Å². The second-order valence-corrected chi connectivity index (χ2v) is 55.6. The number of hydrogen-bond donors (Lipinski definition) is 0. The molecule has 0 spiro atoms. The Morgan fingerprint density at radius 3 is 0.654 bits per heavy atom. The average Bonchev–Trinajstić information content (AvgIpc) is 0.733. The van der Waals surface area contributed by atoms with Crippen molar-refractivity contribution in [3.05, 3.63) is 245 Å². The maximum absolute atomic E-state index is 13.3. The lowest BCUT2D eigenvalue weighted by molar-refractivity contribution is -0.211. The molecule has 0 aliphatic rings. The van der Waals surface area contributed by atoms with Crippen molar-refractivity contribution in [1.29, 1.82) is 0 Å². The first-order valence-corrected chi connectivity index (χ1v) is 51.1. The third-order valence-electron chi connectivity index (χ3n) is 24.6. The van der Waals surface area contributed by atoms with Crippen LogP contribution in [0.15, 0.2) is 133 Å². The summed E-state index contributed by atoms with van der Waals surface area (Å²) in [6, 6.07) is 47.6. The molecule has 0 saturated heterocycles. The molecule has 0 aliphatic carbocycles. The zero-order valence-corrected chi connectivity index (χ0v) is 97.0. The second-order valence-electron chi connectivity index (χ2n) is 55.6. The lowest BCUT2D eigenvalue weighted by Crippen LogP contribution is -2.36. The highest BCUT2D eigenvalue weighted by molar-refractivity contribution is 5.50. The highest BCUT2D eigenvalue weighted by Gasteiger charge is 2.50. The largest absolute Gasteiger partial charge is 0.394 e.